The van der Waals surface area contributed by atoms with E-state index in [1.54, 1.807) is 13.2 Å². The molecule has 0 N–H and O–H groups in total. The quantitative estimate of drug-likeness (QED) is 0.766. The lowest BCUT2D eigenvalue weighted by Crippen LogP contribution is -2.10. The SMILES string of the molecule is COc1cc(CC#N)c(F)c2c1CCCC2. The summed E-state index contributed by atoms with van der Waals surface area (Å²) in [7, 11) is 1.60. The van der Waals surface area contributed by atoms with Crippen LogP contribution in [-0.2, 0) is 19.3 Å². The van der Waals surface area contributed by atoms with Crippen molar-refractivity contribution in [2.75, 3.05) is 7.11 Å². The Hall–Kier alpha value is -1.56. The minimum atomic E-state index is -0.197. The molecule has 0 saturated heterocycles. The molecular weight excluding hydrogens is 205 g/mol. The predicted octanol–water partition coefficient (Wildman–Crippen LogP) is 2.78. The number of hydrogen-bond acceptors (Lipinski definition) is 2. The van der Waals surface area contributed by atoms with E-state index in [1.807, 2.05) is 6.07 Å². The van der Waals surface area contributed by atoms with E-state index in [4.69, 9.17) is 10.00 Å². The number of hydrogen-bond donors (Lipinski definition) is 0. The van der Waals surface area contributed by atoms with Crippen molar-refractivity contribution in [3.05, 3.63) is 28.6 Å². The Morgan fingerprint density at radius 2 is 2.06 bits per heavy atom. The minimum Gasteiger partial charge on any atom is -0.496 e. The molecular formula is C13H14FNO. The van der Waals surface area contributed by atoms with Crippen LogP contribution in [0.3, 0.4) is 0 Å². The van der Waals surface area contributed by atoms with Crippen molar-refractivity contribution in [3.8, 4) is 11.8 Å². The maximum Gasteiger partial charge on any atom is 0.131 e. The van der Waals surface area contributed by atoms with Gasteiger partial charge in [-0.1, -0.05) is 0 Å². The van der Waals surface area contributed by atoms with Crippen LogP contribution in [0.1, 0.15) is 29.5 Å². The van der Waals surface area contributed by atoms with E-state index >= 15 is 0 Å². The molecule has 0 saturated carbocycles. The number of rotatable bonds is 2. The van der Waals surface area contributed by atoms with E-state index in [1.165, 1.54) is 0 Å². The van der Waals surface area contributed by atoms with Crippen molar-refractivity contribution in [3.63, 3.8) is 0 Å². The first kappa shape index (κ1) is 10.9. The fourth-order valence-electron chi connectivity index (χ4n) is 2.32. The summed E-state index contributed by atoms with van der Waals surface area (Å²) >= 11 is 0. The largest absolute Gasteiger partial charge is 0.496 e. The van der Waals surface area contributed by atoms with Crippen molar-refractivity contribution >= 4 is 0 Å². The molecule has 1 aromatic carbocycles. The van der Waals surface area contributed by atoms with Gasteiger partial charge in [0, 0.05) is 11.1 Å². The maximum absolute atomic E-state index is 14.1. The van der Waals surface area contributed by atoms with Gasteiger partial charge >= 0.3 is 0 Å². The molecule has 1 aromatic rings. The van der Waals surface area contributed by atoms with E-state index < -0.39 is 0 Å². The molecule has 0 spiro atoms. The molecule has 0 heterocycles. The average molecular weight is 219 g/mol. The molecule has 16 heavy (non-hydrogen) atoms. The number of benzene rings is 1. The van der Waals surface area contributed by atoms with Crippen molar-refractivity contribution < 1.29 is 9.13 Å². The van der Waals surface area contributed by atoms with Crippen LogP contribution in [0.4, 0.5) is 4.39 Å². The molecule has 2 nitrogen and oxygen atoms in total. The smallest absolute Gasteiger partial charge is 0.131 e. The average Bonchev–Trinajstić information content (AvgIpc) is 2.33. The highest BCUT2D eigenvalue weighted by Gasteiger charge is 2.20. The van der Waals surface area contributed by atoms with Crippen molar-refractivity contribution in [2.45, 2.75) is 32.1 Å². The first-order chi connectivity index (χ1) is 7.77. The van der Waals surface area contributed by atoms with Crippen molar-refractivity contribution in [1.82, 2.24) is 0 Å². The molecule has 0 aliphatic heterocycles. The number of nitrogens with zero attached hydrogens (tertiary/aromatic N) is 1. The lowest BCUT2D eigenvalue weighted by molar-refractivity contribution is 0.402. The Morgan fingerprint density at radius 1 is 1.38 bits per heavy atom. The summed E-state index contributed by atoms with van der Waals surface area (Å²) in [6.07, 6.45) is 3.85. The molecule has 1 aliphatic carbocycles. The second-order valence-electron chi connectivity index (χ2n) is 4.05. The zero-order valence-electron chi connectivity index (χ0n) is 9.35. The topological polar surface area (TPSA) is 33.0 Å². The maximum atomic E-state index is 14.1. The van der Waals surface area contributed by atoms with Gasteiger partial charge in [0.05, 0.1) is 19.6 Å². The Labute approximate surface area is 94.7 Å². The number of fused-ring (bicyclic) bond motifs is 1. The molecule has 2 rings (SSSR count). The van der Waals surface area contributed by atoms with Crippen LogP contribution in [0.15, 0.2) is 6.07 Å². The third-order valence-corrected chi connectivity index (χ3v) is 3.11. The zero-order valence-corrected chi connectivity index (χ0v) is 9.35. The molecule has 0 atom stereocenters. The van der Waals surface area contributed by atoms with E-state index in [9.17, 15) is 4.39 Å². The van der Waals surface area contributed by atoms with Crippen LogP contribution >= 0.6 is 0 Å². The Kier molecular flexibility index (Phi) is 3.09. The molecule has 1 aliphatic rings. The standard InChI is InChI=1S/C13H14FNO/c1-16-12-8-9(6-7-15)13(14)11-5-3-2-4-10(11)12/h8H,2-6H2,1H3. The molecule has 84 valence electrons. The van der Waals surface area contributed by atoms with Gasteiger partial charge in [0.25, 0.3) is 0 Å². The van der Waals surface area contributed by atoms with Gasteiger partial charge in [0.1, 0.15) is 11.6 Å². The second-order valence-corrected chi connectivity index (χ2v) is 4.05. The van der Waals surface area contributed by atoms with E-state index in [2.05, 4.69) is 0 Å². The van der Waals surface area contributed by atoms with E-state index in [-0.39, 0.29) is 12.2 Å². The summed E-state index contributed by atoms with van der Waals surface area (Å²) in [4.78, 5) is 0. The van der Waals surface area contributed by atoms with Gasteiger partial charge in [-0.05, 0) is 37.3 Å². The third kappa shape index (κ3) is 1.76. The minimum absolute atomic E-state index is 0.107. The fourth-order valence-corrected chi connectivity index (χ4v) is 2.32. The highest BCUT2D eigenvalue weighted by molar-refractivity contribution is 5.47. The Balaban J connectivity index is 2.56. The monoisotopic (exact) mass is 219 g/mol. The first-order valence-corrected chi connectivity index (χ1v) is 5.52. The molecule has 0 amide bonds. The van der Waals surface area contributed by atoms with Gasteiger partial charge in [0.15, 0.2) is 0 Å². The summed E-state index contributed by atoms with van der Waals surface area (Å²) in [5, 5.41) is 8.65. The van der Waals surface area contributed by atoms with Crippen LogP contribution in [0.25, 0.3) is 0 Å². The van der Waals surface area contributed by atoms with Gasteiger partial charge in [-0.3, -0.25) is 0 Å². The van der Waals surface area contributed by atoms with Crippen LogP contribution in [0.2, 0.25) is 0 Å². The summed E-state index contributed by atoms with van der Waals surface area (Å²) in [6, 6.07) is 3.66. The summed E-state index contributed by atoms with van der Waals surface area (Å²) < 4.78 is 19.3. The fraction of sp³-hybridized carbons (Fsp3) is 0.462. The van der Waals surface area contributed by atoms with Crippen LogP contribution in [0.5, 0.6) is 5.75 Å². The number of ether oxygens (including phenoxy) is 1. The number of halogens is 1. The highest BCUT2D eigenvalue weighted by Crippen LogP contribution is 2.33. The lowest BCUT2D eigenvalue weighted by Gasteiger charge is -2.20. The first-order valence-electron chi connectivity index (χ1n) is 5.52. The lowest BCUT2D eigenvalue weighted by atomic mass is 9.88. The van der Waals surface area contributed by atoms with Crippen molar-refractivity contribution in [1.29, 1.82) is 5.26 Å². The zero-order chi connectivity index (χ0) is 11.5. The molecule has 0 fully saturated rings. The molecule has 0 unspecified atom stereocenters. The van der Waals surface area contributed by atoms with Crippen LogP contribution in [0, 0.1) is 17.1 Å². The predicted molar refractivity (Wildman–Crippen MR) is 58.9 cm³/mol. The van der Waals surface area contributed by atoms with Gasteiger partial charge in [-0.25, -0.2) is 4.39 Å². The number of nitriles is 1. The normalized spacial score (nSPS) is 14.1. The third-order valence-electron chi connectivity index (χ3n) is 3.11. The van der Waals surface area contributed by atoms with Crippen LogP contribution in [-0.4, -0.2) is 7.11 Å². The van der Waals surface area contributed by atoms with Crippen molar-refractivity contribution in [2.24, 2.45) is 0 Å². The van der Waals surface area contributed by atoms with E-state index in [0.29, 0.717) is 5.56 Å². The van der Waals surface area contributed by atoms with Crippen LogP contribution < -0.4 is 4.74 Å². The summed E-state index contributed by atoms with van der Waals surface area (Å²) in [5.74, 6) is 0.540. The molecule has 0 aromatic heterocycles. The molecule has 3 heteroatoms. The number of methoxy groups -OCH3 is 1. The van der Waals surface area contributed by atoms with E-state index in [0.717, 1.165) is 42.6 Å². The summed E-state index contributed by atoms with van der Waals surface area (Å²) in [6.45, 7) is 0. The van der Waals surface area contributed by atoms with Gasteiger partial charge in [-0.15, -0.1) is 0 Å². The van der Waals surface area contributed by atoms with Gasteiger partial charge < -0.3 is 4.74 Å². The Morgan fingerprint density at radius 3 is 2.69 bits per heavy atom. The highest BCUT2D eigenvalue weighted by atomic mass is 19.1. The Bertz CT molecular complexity index is 448. The summed E-state index contributed by atoms with van der Waals surface area (Å²) in [5.41, 5.74) is 2.21. The second kappa shape index (κ2) is 4.52. The molecule has 0 radical (unpaired) electrons. The van der Waals surface area contributed by atoms with Gasteiger partial charge in [0.2, 0.25) is 0 Å². The van der Waals surface area contributed by atoms with Gasteiger partial charge in [-0.2, -0.15) is 5.26 Å². The molecule has 0 bridgehead atoms.